The Labute approximate surface area is 158 Å². The maximum atomic E-state index is 12.9. The number of hydrogen-bond acceptors (Lipinski definition) is 6. The predicted octanol–water partition coefficient (Wildman–Crippen LogP) is 3.17. The van der Waals surface area contributed by atoms with Crippen molar-refractivity contribution in [2.45, 2.75) is 37.1 Å². The van der Waals surface area contributed by atoms with Crippen molar-refractivity contribution in [2.24, 2.45) is 0 Å². The van der Waals surface area contributed by atoms with Crippen molar-refractivity contribution in [3.63, 3.8) is 0 Å². The van der Waals surface area contributed by atoms with Crippen molar-refractivity contribution in [3.8, 4) is 0 Å². The van der Waals surface area contributed by atoms with Gasteiger partial charge >= 0.3 is 0 Å². The predicted molar refractivity (Wildman–Crippen MR) is 102 cm³/mol. The van der Waals surface area contributed by atoms with Gasteiger partial charge in [-0.2, -0.15) is 4.31 Å². The summed E-state index contributed by atoms with van der Waals surface area (Å²) < 4.78 is 27.2. The largest absolute Gasteiger partial charge is 0.375 e. The lowest BCUT2D eigenvalue weighted by atomic mass is 10.2. The summed E-state index contributed by atoms with van der Waals surface area (Å²) in [5, 5.41) is 14.5. The van der Waals surface area contributed by atoms with Gasteiger partial charge in [-0.05, 0) is 36.6 Å². The molecule has 1 aromatic carbocycles. The second-order valence-corrected chi connectivity index (χ2v) is 8.41. The fraction of sp³-hybridized carbons (Fsp3) is 0.389. The Morgan fingerprint density at radius 2 is 1.89 bits per heavy atom. The van der Waals surface area contributed by atoms with Crippen LogP contribution in [0.5, 0.6) is 0 Å². The summed E-state index contributed by atoms with van der Waals surface area (Å²) in [6, 6.07) is 7.66. The SMILES string of the molecule is O=[N+]([O-])c1cc(S(=O)(=O)N2CCCCCC2)ccc1NCc1cccnc1. The quantitative estimate of drug-likeness (QED) is 0.600. The Hall–Kier alpha value is -2.52. The van der Waals surface area contributed by atoms with Crippen molar-refractivity contribution in [1.82, 2.24) is 9.29 Å². The summed E-state index contributed by atoms with van der Waals surface area (Å²) >= 11 is 0. The Balaban J connectivity index is 1.85. The molecular formula is C18H22N4O4S. The number of anilines is 1. The fourth-order valence-electron chi connectivity index (χ4n) is 3.10. The molecule has 0 unspecified atom stereocenters. The zero-order valence-corrected chi connectivity index (χ0v) is 15.7. The number of sulfonamides is 1. The lowest BCUT2D eigenvalue weighted by Gasteiger charge is -2.20. The zero-order valence-electron chi connectivity index (χ0n) is 14.9. The topological polar surface area (TPSA) is 105 Å². The van der Waals surface area contributed by atoms with E-state index in [1.54, 1.807) is 18.5 Å². The van der Waals surface area contributed by atoms with E-state index in [2.05, 4.69) is 10.3 Å². The van der Waals surface area contributed by atoms with Crippen LogP contribution >= 0.6 is 0 Å². The molecule has 2 heterocycles. The Morgan fingerprint density at radius 3 is 2.52 bits per heavy atom. The lowest BCUT2D eigenvalue weighted by Crippen LogP contribution is -2.32. The summed E-state index contributed by atoms with van der Waals surface area (Å²) in [6.07, 6.45) is 6.94. The summed E-state index contributed by atoms with van der Waals surface area (Å²) in [5.74, 6) is 0. The second-order valence-electron chi connectivity index (χ2n) is 6.47. The molecule has 3 rings (SSSR count). The minimum absolute atomic E-state index is 0.0389. The third-order valence-corrected chi connectivity index (χ3v) is 6.47. The Kier molecular flexibility index (Phi) is 6.02. The molecule has 1 N–H and O–H groups in total. The highest BCUT2D eigenvalue weighted by molar-refractivity contribution is 7.89. The van der Waals surface area contributed by atoms with Crippen molar-refractivity contribution in [2.75, 3.05) is 18.4 Å². The van der Waals surface area contributed by atoms with Gasteiger partial charge in [-0.1, -0.05) is 18.9 Å². The normalized spacial score (nSPS) is 15.9. The van der Waals surface area contributed by atoms with Crippen LogP contribution in [0.4, 0.5) is 11.4 Å². The highest BCUT2D eigenvalue weighted by Gasteiger charge is 2.28. The molecule has 0 spiro atoms. The van der Waals surface area contributed by atoms with Crippen molar-refractivity contribution in [1.29, 1.82) is 0 Å². The highest BCUT2D eigenvalue weighted by atomic mass is 32.2. The van der Waals surface area contributed by atoms with Crippen LogP contribution in [0.15, 0.2) is 47.6 Å². The number of pyridine rings is 1. The van der Waals surface area contributed by atoms with E-state index in [-0.39, 0.29) is 16.3 Å². The van der Waals surface area contributed by atoms with E-state index >= 15 is 0 Å². The van der Waals surface area contributed by atoms with Crippen molar-refractivity contribution < 1.29 is 13.3 Å². The van der Waals surface area contributed by atoms with Gasteiger partial charge in [-0.3, -0.25) is 15.1 Å². The van der Waals surface area contributed by atoms with Crippen LogP contribution in [0.3, 0.4) is 0 Å². The van der Waals surface area contributed by atoms with Gasteiger partial charge < -0.3 is 5.32 Å². The number of nitrogens with zero attached hydrogens (tertiary/aromatic N) is 3. The molecule has 9 heteroatoms. The molecule has 2 aromatic rings. The van der Waals surface area contributed by atoms with E-state index in [0.29, 0.717) is 19.6 Å². The van der Waals surface area contributed by atoms with E-state index in [1.807, 2.05) is 6.07 Å². The van der Waals surface area contributed by atoms with Gasteiger partial charge in [-0.25, -0.2) is 8.42 Å². The third-order valence-electron chi connectivity index (χ3n) is 4.57. The number of aromatic nitrogens is 1. The monoisotopic (exact) mass is 390 g/mol. The number of rotatable bonds is 6. The van der Waals surface area contributed by atoms with Gasteiger partial charge in [0.1, 0.15) is 5.69 Å². The molecule has 1 aliphatic rings. The summed E-state index contributed by atoms with van der Waals surface area (Å²) in [5.41, 5.74) is 0.890. The molecular weight excluding hydrogens is 368 g/mol. The van der Waals surface area contributed by atoms with Crippen LogP contribution in [0.2, 0.25) is 0 Å². The van der Waals surface area contributed by atoms with Gasteiger partial charge in [0.25, 0.3) is 5.69 Å². The first kappa shape index (κ1) is 19.2. The first-order valence-electron chi connectivity index (χ1n) is 8.90. The van der Waals surface area contributed by atoms with Crippen LogP contribution in [0, 0.1) is 10.1 Å². The second kappa shape index (κ2) is 8.45. The van der Waals surface area contributed by atoms with E-state index < -0.39 is 14.9 Å². The summed E-state index contributed by atoms with van der Waals surface area (Å²) in [7, 11) is -3.73. The van der Waals surface area contributed by atoms with Crippen LogP contribution < -0.4 is 5.32 Å². The van der Waals surface area contributed by atoms with E-state index in [4.69, 9.17) is 0 Å². The van der Waals surface area contributed by atoms with Crippen LogP contribution in [0.1, 0.15) is 31.2 Å². The molecule has 1 fully saturated rings. The van der Waals surface area contributed by atoms with Gasteiger partial charge in [-0.15, -0.1) is 0 Å². The van der Waals surface area contributed by atoms with Gasteiger partial charge in [0.2, 0.25) is 10.0 Å². The number of nitrogens with one attached hydrogen (secondary N) is 1. The number of benzene rings is 1. The smallest absolute Gasteiger partial charge is 0.293 e. The maximum Gasteiger partial charge on any atom is 0.293 e. The molecule has 144 valence electrons. The highest BCUT2D eigenvalue weighted by Crippen LogP contribution is 2.30. The van der Waals surface area contributed by atoms with Gasteiger partial charge in [0, 0.05) is 38.1 Å². The molecule has 27 heavy (non-hydrogen) atoms. The first-order valence-corrected chi connectivity index (χ1v) is 10.3. The van der Waals surface area contributed by atoms with Crippen LogP contribution in [0.25, 0.3) is 0 Å². The molecule has 1 aliphatic heterocycles. The van der Waals surface area contributed by atoms with E-state index in [1.165, 1.54) is 16.4 Å². The Morgan fingerprint density at radius 1 is 1.15 bits per heavy atom. The maximum absolute atomic E-state index is 12.9. The minimum atomic E-state index is -3.73. The third kappa shape index (κ3) is 4.61. The van der Waals surface area contributed by atoms with Crippen molar-refractivity contribution in [3.05, 3.63) is 58.4 Å². The molecule has 0 aliphatic carbocycles. The first-order chi connectivity index (χ1) is 13.0. The number of nitro groups is 1. The molecule has 1 saturated heterocycles. The van der Waals surface area contributed by atoms with Crippen LogP contribution in [-0.4, -0.2) is 35.7 Å². The van der Waals surface area contributed by atoms with Crippen molar-refractivity contribution >= 4 is 21.4 Å². The molecule has 0 radical (unpaired) electrons. The number of nitro benzene ring substituents is 1. The average molecular weight is 390 g/mol. The molecule has 0 amide bonds. The van der Waals surface area contributed by atoms with Crippen LogP contribution in [-0.2, 0) is 16.6 Å². The van der Waals surface area contributed by atoms with Gasteiger partial charge in [0.05, 0.1) is 9.82 Å². The summed E-state index contributed by atoms with van der Waals surface area (Å²) in [4.78, 5) is 14.9. The van der Waals surface area contributed by atoms with Gasteiger partial charge in [0.15, 0.2) is 0 Å². The molecule has 0 bridgehead atoms. The van der Waals surface area contributed by atoms with E-state index in [0.717, 1.165) is 37.3 Å². The fourth-order valence-corrected chi connectivity index (χ4v) is 4.64. The zero-order chi connectivity index (χ0) is 19.3. The molecule has 0 saturated carbocycles. The standard InChI is InChI=1S/C18H22N4O4S/c23-22(24)18-12-16(27(25,26)21-10-3-1-2-4-11-21)7-8-17(18)20-14-15-6-5-9-19-13-15/h5-9,12-13,20H,1-4,10-11,14H2. The number of hydrogen-bond donors (Lipinski definition) is 1. The lowest BCUT2D eigenvalue weighted by molar-refractivity contribution is -0.384. The molecule has 0 atom stereocenters. The summed E-state index contributed by atoms with van der Waals surface area (Å²) in [6.45, 7) is 1.27. The molecule has 8 nitrogen and oxygen atoms in total. The molecule has 1 aromatic heterocycles. The Bertz CT molecular complexity index is 895. The van der Waals surface area contributed by atoms with E-state index in [9.17, 15) is 18.5 Å². The average Bonchev–Trinajstić information content (AvgIpc) is 2.97. The minimum Gasteiger partial charge on any atom is -0.375 e.